The number of allylic oxidation sites excluding steroid dienone is 2. The van der Waals surface area contributed by atoms with Gasteiger partial charge in [0.15, 0.2) is 0 Å². The maximum absolute atomic E-state index is 10.4. The summed E-state index contributed by atoms with van der Waals surface area (Å²) in [5, 5.41) is 4.02. The molecule has 1 saturated heterocycles. The van der Waals surface area contributed by atoms with Gasteiger partial charge in [-0.3, -0.25) is 4.79 Å². The molecule has 1 aromatic rings. The van der Waals surface area contributed by atoms with Gasteiger partial charge in [0.05, 0.1) is 12.3 Å². The van der Waals surface area contributed by atoms with E-state index in [0.29, 0.717) is 12.1 Å². The molecule has 0 bridgehead atoms. The Morgan fingerprint density at radius 1 is 1.30 bits per heavy atom. The topological polar surface area (TPSA) is 53.9 Å². The number of nitrogens with zero attached hydrogens (tertiary/aromatic N) is 2. The maximum atomic E-state index is 10.4. The van der Waals surface area contributed by atoms with Gasteiger partial charge in [0.25, 0.3) is 0 Å². The van der Waals surface area contributed by atoms with Crippen molar-refractivity contribution in [2.45, 2.75) is 26.2 Å². The largest absolute Gasteiger partial charge is 0.494 e. The fourth-order valence-electron chi connectivity index (χ4n) is 2.66. The van der Waals surface area contributed by atoms with E-state index in [1.54, 1.807) is 0 Å². The molecule has 1 N–H and O–H groups in total. The van der Waals surface area contributed by atoms with Gasteiger partial charge in [-0.2, -0.15) is 5.10 Å². The van der Waals surface area contributed by atoms with Crippen molar-refractivity contribution in [3.8, 4) is 5.75 Å². The molecule has 1 aromatic carbocycles. The van der Waals surface area contributed by atoms with Crippen molar-refractivity contribution in [3.05, 3.63) is 42.0 Å². The summed E-state index contributed by atoms with van der Waals surface area (Å²) in [6.07, 6.45) is 8.00. The second kappa shape index (κ2) is 9.79. The van der Waals surface area contributed by atoms with Gasteiger partial charge in [-0.1, -0.05) is 6.08 Å². The molecular weight excluding hydrogens is 290 g/mol. The molecule has 5 heteroatoms. The van der Waals surface area contributed by atoms with Crippen molar-refractivity contribution in [2.24, 2.45) is 5.10 Å². The molecule has 1 heterocycles. The minimum Gasteiger partial charge on any atom is -0.494 e. The number of amides is 1. The normalized spacial score (nSPS) is 16.0. The molecule has 124 valence electrons. The molecule has 0 aliphatic carbocycles. The first-order chi connectivity index (χ1) is 11.3. The number of hydrogen-bond donors (Lipinski definition) is 1. The Hall–Kier alpha value is -2.14. The summed E-state index contributed by atoms with van der Waals surface area (Å²) in [4.78, 5) is 12.9. The summed E-state index contributed by atoms with van der Waals surface area (Å²) >= 11 is 0. The number of nitrogens with one attached hydrogen (secondary N) is 1. The molecule has 0 saturated carbocycles. The standard InChI is InChI=1S/C18H25N3O2/c1-2-6-18(20-19-15-22)16-7-9-17(10-8-16)23-14-5-13-21-11-3-4-12-21/h2,6-10,15H,3-5,11-14H2,1H3,(H,19,22)/b6-2-,20-18+. The summed E-state index contributed by atoms with van der Waals surface area (Å²) in [5.41, 5.74) is 3.98. The quantitative estimate of drug-likeness (QED) is 0.330. The lowest BCUT2D eigenvalue weighted by molar-refractivity contribution is -0.109. The van der Waals surface area contributed by atoms with Crippen LogP contribution >= 0.6 is 0 Å². The first-order valence-corrected chi connectivity index (χ1v) is 8.18. The molecule has 0 spiro atoms. The number of carbonyl (C=O) groups excluding carboxylic acids is 1. The molecule has 1 aliphatic rings. The Balaban J connectivity index is 1.81. The molecule has 23 heavy (non-hydrogen) atoms. The zero-order valence-corrected chi connectivity index (χ0v) is 13.7. The van der Waals surface area contributed by atoms with Crippen molar-refractivity contribution in [1.29, 1.82) is 0 Å². The number of hydrogen-bond acceptors (Lipinski definition) is 4. The molecule has 1 aliphatic heterocycles. The zero-order chi connectivity index (χ0) is 16.3. The zero-order valence-electron chi connectivity index (χ0n) is 13.7. The summed E-state index contributed by atoms with van der Waals surface area (Å²) in [7, 11) is 0. The molecule has 1 fully saturated rings. The van der Waals surface area contributed by atoms with Gasteiger partial charge >= 0.3 is 0 Å². The minimum atomic E-state index is 0.557. The van der Waals surface area contributed by atoms with E-state index >= 15 is 0 Å². The van der Waals surface area contributed by atoms with Crippen LogP contribution in [0.15, 0.2) is 41.5 Å². The van der Waals surface area contributed by atoms with Crippen molar-refractivity contribution >= 4 is 12.1 Å². The number of benzene rings is 1. The van der Waals surface area contributed by atoms with Crippen molar-refractivity contribution in [3.63, 3.8) is 0 Å². The number of rotatable bonds is 9. The highest BCUT2D eigenvalue weighted by Crippen LogP contribution is 2.14. The number of hydrazone groups is 1. The maximum Gasteiger partial charge on any atom is 0.227 e. The van der Waals surface area contributed by atoms with E-state index in [0.717, 1.165) is 30.9 Å². The average molecular weight is 315 g/mol. The fourth-order valence-corrected chi connectivity index (χ4v) is 2.66. The smallest absolute Gasteiger partial charge is 0.227 e. The lowest BCUT2D eigenvalue weighted by atomic mass is 10.1. The monoisotopic (exact) mass is 315 g/mol. The van der Waals surface area contributed by atoms with Crippen LogP contribution in [0.3, 0.4) is 0 Å². The first-order valence-electron chi connectivity index (χ1n) is 8.18. The fraction of sp³-hybridized carbons (Fsp3) is 0.444. The van der Waals surface area contributed by atoms with Gasteiger partial charge in [0, 0.05) is 12.1 Å². The van der Waals surface area contributed by atoms with Gasteiger partial charge in [-0.05, 0) is 69.6 Å². The Labute approximate surface area is 138 Å². The Morgan fingerprint density at radius 2 is 2.04 bits per heavy atom. The lowest BCUT2D eigenvalue weighted by Gasteiger charge is -2.14. The minimum absolute atomic E-state index is 0.557. The van der Waals surface area contributed by atoms with E-state index in [1.807, 2.05) is 43.3 Å². The van der Waals surface area contributed by atoms with Crippen LogP contribution in [-0.2, 0) is 4.79 Å². The predicted molar refractivity (Wildman–Crippen MR) is 92.8 cm³/mol. The second-order valence-electron chi connectivity index (χ2n) is 5.52. The Morgan fingerprint density at radius 3 is 2.70 bits per heavy atom. The molecule has 0 radical (unpaired) electrons. The van der Waals surface area contributed by atoms with Crippen LogP contribution in [0.5, 0.6) is 5.75 Å². The number of likely N-dealkylation sites (tertiary alicyclic amines) is 1. The Bertz CT molecular complexity index is 532. The summed E-state index contributed by atoms with van der Waals surface area (Å²) < 4.78 is 5.79. The van der Waals surface area contributed by atoms with Crippen LogP contribution in [-0.4, -0.2) is 43.3 Å². The van der Waals surface area contributed by atoms with Crippen molar-refractivity contribution < 1.29 is 9.53 Å². The number of carbonyl (C=O) groups is 1. The van der Waals surface area contributed by atoms with Crippen molar-refractivity contribution in [1.82, 2.24) is 10.3 Å². The van der Waals surface area contributed by atoms with E-state index in [9.17, 15) is 4.79 Å². The van der Waals surface area contributed by atoms with E-state index in [1.165, 1.54) is 25.9 Å². The molecular formula is C18H25N3O2. The van der Waals surface area contributed by atoms with Gasteiger partial charge in [-0.25, -0.2) is 5.43 Å². The van der Waals surface area contributed by atoms with Crippen LogP contribution in [0.25, 0.3) is 0 Å². The highest BCUT2D eigenvalue weighted by Gasteiger charge is 2.10. The molecule has 1 amide bonds. The van der Waals surface area contributed by atoms with E-state index in [2.05, 4.69) is 15.4 Å². The molecule has 2 rings (SSSR count). The summed E-state index contributed by atoms with van der Waals surface area (Å²) in [6.45, 7) is 6.23. The number of ether oxygens (including phenoxy) is 1. The van der Waals surface area contributed by atoms with Gasteiger partial charge in [0.1, 0.15) is 5.75 Å². The average Bonchev–Trinajstić information content (AvgIpc) is 3.09. The highest BCUT2D eigenvalue weighted by molar-refractivity contribution is 6.08. The van der Waals surface area contributed by atoms with E-state index < -0.39 is 0 Å². The first kappa shape index (κ1) is 17.2. The van der Waals surface area contributed by atoms with Crippen LogP contribution < -0.4 is 10.2 Å². The Kier molecular flexibility index (Phi) is 7.33. The van der Waals surface area contributed by atoms with Crippen LogP contribution in [0.1, 0.15) is 31.7 Å². The van der Waals surface area contributed by atoms with Crippen LogP contribution in [0.2, 0.25) is 0 Å². The van der Waals surface area contributed by atoms with Crippen LogP contribution in [0, 0.1) is 0 Å². The molecule has 0 unspecified atom stereocenters. The second-order valence-corrected chi connectivity index (χ2v) is 5.52. The van der Waals surface area contributed by atoms with Crippen LogP contribution in [0.4, 0.5) is 0 Å². The molecule has 5 nitrogen and oxygen atoms in total. The SMILES string of the molecule is C/C=C\C(=N/NC=O)c1ccc(OCCCN2CCCC2)cc1. The molecule has 0 atom stereocenters. The molecule has 0 aromatic heterocycles. The third-order valence-corrected chi connectivity index (χ3v) is 3.80. The van der Waals surface area contributed by atoms with Gasteiger partial charge < -0.3 is 9.64 Å². The van der Waals surface area contributed by atoms with Gasteiger partial charge in [-0.15, -0.1) is 0 Å². The lowest BCUT2D eigenvalue weighted by Crippen LogP contribution is -2.21. The van der Waals surface area contributed by atoms with Crippen molar-refractivity contribution in [2.75, 3.05) is 26.2 Å². The third kappa shape index (κ3) is 5.87. The van der Waals surface area contributed by atoms with E-state index in [-0.39, 0.29) is 0 Å². The van der Waals surface area contributed by atoms with E-state index in [4.69, 9.17) is 4.74 Å². The van der Waals surface area contributed by atoms with Gasteiger partial charge in [0.2, 0.25) is 6.41 Å². The summed E-state index contributed by atoms with van der Waals surface area (Å²) in [6, 6.07) is 7.76. The third-order valence-electron chi connectivity index (χ3n) is 3.80. The summed E-state index contributed by atoms with van der Waals surface area (Å²) in [5.74, 6) is 0.860. The highest BCUT2D eigenvalue weighted by atomic mass is 16.5. The predicted octanol–water partition coefficient (Wildman–Crippen LogP) is 2.58.